The number of carbonyl (C=O) groups is 5. The second-order valence-electron chi connectivity index (χ2n) is 15.6. The van der Waals surface area contributed by atoms with Gasteiger partial charge in [-0.3, -0.25) is 39.1 Å². The van der Waals surface area contributed by atoms with Crippen molar-refractivity contribution in [3.05, 3.63) is 71.7 Å². The molecule has 1 atom stereocenters. The molecule has 0 bridgehead atoms. The van der Waals surface area contributed by atoms with Crippen molar-refractivity contribution in [1.29, 1.82) is 0 Å². The van der Waals surface area contributed by atoms with Crippen LogP contribution in [0.2, 0.25) is 0 Å². The number of hydrogen-bond donors (Lipinski definition) is 2. The molecule has 1 aliphatic carbocycles. The first-order chi connectivity index (χ1) is 25.4. The van der Waals surface area contributed by atoms with Crippen molar-refractivity contribution in [3.8, 4) is 11.3 Å². The molecule has 2 saturated heterocycles. The van der Waals surface area contributed by atoms with Gasteiger partial charge in [0.1, 0.15) is 11.6 Å². The largest absolute Gasteiger partial charge is 0.444 e. The van der Waals surface area contributed by atoms with Crippen LogP contribution in [0.4, 0.5) is 10.5 Å². The van der Waals surface area contributed by atoms with Crippen molar-refractivity contribution in [2.24, 2.45) is 5.92 Å². The monoisotopic (exact) mass is 718 g/mol. The summed E-state index contributed by atoms with van der Waals surface area (Å²) < 4.78 is 7.53. The van der Waals surface area contributed by atoms with Crippen molar-refractivity contribution < 1.29 is 28.7 Å². The van der Waals surface area contributed by atoms with E-state index in [2.05, 4.69) is 32.8 Å². The Morgan fingerprint density at radius 1 is 0.981 bits per heavy atom. The summed E-state index contributed by atoms with van der Waals surface area (Å²) in [5.74, 6) is -1.20. The highest BCUT2D eigenvalue weighted by atomic mass is 16.6. The summed E-state index contributed by atoms with van der Waals surface area (Å²) >= 11 is 0. The lowest BCUT2D eigenvalue weighted by Gasteiger charge is -2.40. The van der Waals surface area contributed by atoms with E-state index in [0.29, 0.717) is 25.0 Å². The zero-order chi connectivity index (χ0) is 37.0. The lowest BCUT2D eigenvalue weighted by Crippen LogP contribution is -2.54. The molecule has 1 unspecified atom stereocenters. The van der Waals surface area contributed by atoms with E-state index in [9.17, 15) is 24.0 Å². The highest BCUT2D eigenvalue weighted by Crippen LogP contribution is 2.41. The van der Waals surface area contributed by atoms with E-state index in [1.54, 1.807) is 29.3 Å². The van der Waals surface area contributed by atoms with E-state index in [1.807, 2.05) is 43.9 Å². The Hall–Kier alpha value is -5.66. The quantitative estimate of drug-likeness (QED) is 0.176. The second-order valence-corrected chi connectivity index (χ2v) is 15.6. The van der Waals surface area contributed by atoms with Crippen LogP contribution in [0, 0.1) is 5.92 Å². The van der Waals surface area contributed by atoms with E-state index in [-0.39, 0.29) is 36.0 Å². The molecule has 1 saturated carbocycles. The van der Waals surface area contributed by atoms with Gasteiger partial charge in [-0.2, -0.15) is 5.10 Å². The van der Waals surface area contributed by atoms with E-state index < -0.39 is 35.3 Å². The standard InChI is InChI=1S/C39H42N8O6/c1-39(2,3)53-38(52)45-19-25(20-45)23-6-9-30-31(15-23)43-32(18-41-30)24-17-42-46(21-24)27-13-22(14-27)5-4-12-40-26-7-8-28-29(16-26)37(51)47(36(28)50)33-10-11-34(48)44-35(33)49/h6-9,15-18,21-22,25,27,33,40H,4-5,10-14,19-20H2,1-3H3,(H,44,48,49). The van der Waals surface area contributed by atoms with Gasteiger partial charge >= 0.3 is 6.09 Å². The number of anilines is 1. The molecule has 2 N–H and O–H groups in total. The molecule has 3 fully saturated rings. The summed E-state index contributed by atoms with van der Waals surface area (Å²) in [7, 11) is 0. The van der Waals surface area contributed by atoms with Crippen LogP contribution in [-0.2, 0) is 14.3 Å². The summed E-state index contributed by atoms with van der Waals surface area (Å²) in [5, 5.41) is 10.3. The fraction of sp³-hybridized carbons (Fsp3) is 0.436. The molecule has 0 radical (unpaired) electrons. The first-order valence-corrected chi connectivity index (χ1v) is 18.3. The molecule has 14 nitrogen and oxygen atoms in total. The number of benzene rings is 2. The van der Waals surface area contributed by atoms with Gasteiger partial charge in [-0.05, 0) is 94.7 Å². The molecule has 2 aromatic heterocycles. The molecular weight excluding hydrogens is 676 g/mol. The third-order valence-corrected chi connectivity index (χ3v) is 10.6. The Morgan fingerprint density at radius 3 is 2.55 bits per heavy atom. The number of nitrogens with one attached hydrogen (secondary N) is 2. The number of carbonyl (C=O) groups excluding carboxylic acids is 5. The Kier molecular flexibility index (Phi) is 8.70. The zero-order valence-corrected chi connectivity index (χ0v) is 30.0. The average molecular weight is 719 g/mol. The lowest BCUT2D eigenvalue weighted by atomic mass is 9.77. The van der Waals surface area contributed by atoms with Gasteiger partial charge in [0.05, 0.1) is 46.3 Å². The molecule has 53 heavy (non-hydrogen) atoms. The van der Waals surface area contributed by atoms with Crippen molar-refractivity contribution in [2.45, 2.75) is 82.9 Å². The van der Waals surface area contributed by atoms with Crippen LogP contribution in [0.3, 0.4) is 0 Å². The minimum atomic E-state index is -0.975. The molecule has 5 amide bonds. The van der Waals surface area contributed by atoms with Gasteiger partial charge in [-0.25, -0.2) is 9.78 Å². The van der Waals surface area contributed by atoms with E-state index in [4.69, 9.17) is 9.72 Å². The maximum Gasteiger partial charge on any atom is 0.410 e. The van der Waals surface area contributed by atoms with E-state index in [1.165, 1.54) is 0 Å². The molecule has 274 valence electrons. The third-order valence-electron chi connectivity index (χ3n) is 10.6. The SMILES string of the molecule is CC(C)(C)OC(=O)N1CC(c2ccc3ncc(-c4cnn(C5CC(CCCNc6ccc7c(c6)C(=O)N(C6CCC(=O)NC6=O)C7=O)C5)c4)nc3c2)C1. The Balaban J connectivity index is 0.803. The molecule has 0 spiro atoms. The highest BCUT2D eigenvalue weighted by Gasteiger charge is 2.44. The van der Waals surface area contributed by atoms with Crippen molar-refractivity contribution >= 4 is 46.4 Å². The van der Waals surface area contributed by atoms with E-state index >= 15 is 0 Å². The molecule has 2 aromatic carbocycles. The number of amides is 5. The molecule has 8 rings (SSSR count). The van der Waals surface area contributed by atoms with Gasteiger partial charge < -0.3 is 15.0 Å². The van der Waals surface area contributed by atoms with Crippen LogP contribution in [-0.4, -0.2) is 90.5 Å². The number of aromatic nitrogens is 4. The minimum absolute atomic E-state index is 0.0881. The van der Waals surface area contributed by atoms with Crippen LogP contribution in [0.15, 0.2) is 55.0 Å². The molecule has 4 aliphatic rings. The number of imide groups is 2. The Morgan fingerprint density at radius 2 is 1.77 bits per heavy atom. The zero-order valence-electron chi connectivity index (χ0n) is 30.0. The number of hydrogen-bond acceptors (Lipinski definition) is 10. The normalized spacial score (nSPS) is 21.7. The van der Waals surface area contributed by atoms with Crippen LogP contribution >= 0.6 is 0 Å². The Bertz CT molecular complexity index is 2140. The second kappa shape index (κ2) is 13.4. The van der Waals surface area contributed by atoms with Crippen LogP contribution in [0.25, 0.3) is 22.3 Å². The maximum absolute atomic E-state index is 13.1. The summed E-state index contributed by atoms with van der Waals surface area (Å²) in [6.45, 7) is 7.57. The summed E-state index contributed by atoms with van der Waals surface area (Å²) in [6, 6.07) is 10.5. The highest BCUT2D eigenvalue weighted by molar-refractivity contribution is 6.23. The Labute approximate surface area is 306 Å². The number of nitrogens with zero attached hydrogens (tertiary/aromatic N) is 6. The fourth-order valence-corrected chi connectivity index (χ4v) is 7.61. The molecule has 3 aliphatic heterocycles. The van der Waals surface area contributed by atoms with Crippen LogP contribution < -0.4 is 10.6 Å². The van der Waals surface area contributed by atoms with Gasteiger partial charge in [0, 0.05) is 49.4 Å². The van der Waals surface area contributed by atoms with Crippen molar-refractivity contribution in [3.63, 3.8) is 0 Å². The molecular formula is C39H42N8O6. The number of rotatable bonds is 9. The van der Waals surface area contributed by atoms with Gasteiger partial charge in [0.25, 0.3) is 11.8 Å². The van der Waals surface area contributed by atoms with Gasteiger partial charge in [-0.1, -0.05) is 6.07 Å². The number of likely N-dealkylation sites (tertiary alicyclic amines) is 1. The summed E-state index contributed by atoms with van der Waals surface area (Å²) in [6.07, 6.45) is 9.71. The first kappa shape index (κ1) is 34.4. The predicted octanol–water partition coefficient (Wildman–Crippen LogP) is 5.07. The maximum atomic E-state index is 13.1. The van der Waals surface area contributed by atoms with Gasteiger partial charge in [-0.15, -0.1) is 0 Å². The number of fused-ring (bicyclic) bond motifs is 2. The van der Waals surface area contributed by atoms with Crippen LogP contribution in [0.5, 0.6) is 0 Å². The summed E-state index contributed by atoms with van der Waals surface area (Å²) in [4.78, 5) is 74.6. The lowest BCUT2D eigenvalue weighted by molar-refractivity contribution is -0.136. The molecule has 5 heterocycles. The third kappa shape index (κ3) is 6.85. The van der Waals surface area contributed by atoms with Crippen molar-refractivity contribution in [1.82, 2.24) is 34.9 Å². The average Bonchev–Trinajstić information content (AvgIpc) is 3.64. The molecule has 4 aromatic rings. The smallest absolute Gasteiger partial charge is 0.410 e. The number of piperidine rings is 1. The van der Waals surface area contributed by atoms with Gasteiger partial charge in [0.15, 0.2) is 0 Å². The van der Waals surface area contributed by atoms with Crippen molar-refractivity contribution in [2.75, 3.05) is 25.0 Å². The number of ether oxygens (including phenoxy) is 1. The fourth-order valence-electron chi connectivity index (χ4n) is 7.61. The van der Waals surface area contributed by atoms with Gasteiger partial charge in [0.2, 0.25) is 11.8 Å². The van der Waals surface area contributed by atoms with Crippen LogP contribution in [0.1, 0.15) is 97.5 Å². The topological polar surface area (TPSA) is 169 Å². The first-order valence-electron chi connectivity index (χ1n) is 18.3. The molecule has 14 heteroatoms. The summed E-state index contributed by atoms with van der Waals surface area (Å²) in [5.41, 5.74) is 5.23. The minimum Gasteiger partial charge on any atom is -0.444 e. The van der Waals surface area contributed by atoms with E-state index in [0.717, 1.165) is 70.7 Å². The predicted molar refractivity (Wildman–Crippen MR) is 194 cm³/mol.